The van der Waals surface area contributed by atoms with Crippen LogP contribution >= 0.6 is 11.3 Å². The zero-order valence-corrected chi connectivity index (χ0v) is 14.8. The third-order valence-electron chi connectivity index (χ3n) is 4.84. The monoisotopic (exact) mass is 353 g/mol. The summed E-state index contributed by atoms with van der Waals surface area (Å²) >= 11 is 1.64. The van der Waals surface area contributed by atoms with Crippen LogP contribution in [0.5, 0.6) is 0 Å². The molecule has 1 amide bonds. The molecule has 1 aromatic carbocycles. The van der Waals surface area contributed by atoms with Crippen LogP contribution in [0.4, 0.5) is 0 Å². The lowest BCUT2D eigenvalue weighted by molar-refractivity contribution is -0.133. The molecule has 1 aliphatic heterocycles. The van der Waals surface area contributed by atoms with Crippen LogP contribution in [0.3, 0.4) is 0 Å². The first kappa shape index (κ1) is 16.0. The minimum atomic E-state index is -0.208. The molecule has 1 saturated heterocycles. The predicted octanol–water partition coefficient (Wildman–Crippen LogP) is 3.13. The molecule has 3 heterocycles. The Morgan fingerprint density at radius 1 is 1.28 bits per heavy atom. The number of hydrogen-bond donors (Lipinski definition) is 0. The van der Waals surface area contributed by atoms with Crippen molar-refractivity contribution in [3.8, 4) is 0 Å². The van der Waals surface area contributed by atoms with E-state index in [4.69, 9.17) is 0 Å². The molecule has 1 atom stereocenters. The predicted molar refractivity (Wildman–Crippen MR) is 98.7 cm³/mol. The molecular weight excluding hydrogens is 334 g/mol. The van der Waals surface area contributed by atoms with Gasteiger partial charge in [-0.25, -0.2) is 4.68 Å². The zero-order valence-electron chi connectivity index (χ0n) is 14.0. The summed E-state index contributed by atoms with van der Waals surface area (Å²) in [6.07, 6.45) is 1.97. The molecular formula is C19H19N3O2S. The highest BCUT2D eigenvalue weighted by Gasteiger charge is 2.30. The van der Waals surface area contributed by atoms with Gasteiger partial charge in [0.2, 0.25) is 5.91 Å². The maximum Gasteiger partial charge on any atom is 0.275 e. The zero-order chi connectivity index (χ0) is 17.4. The Balaban J connectivity index is 1.64. The van der Waals surface area contributed by atoms with Crippen LogP contribution in [0.15, 0.2) is 45.9 Å². The molecule has 0 bridgehead atoms. The smallest absolute Gasteiger partial charge is 0.275 e. The van der Waals surface area contributed by atoms with Gasteiger partial charge < -0.3 is 4.90 Å². The van der Waals surface area contributed by atoms with Gasteiger partial charge in [-0.1, -0.05) is 18.2 Å². The van der Waals surface area contributed by atoms with Crippen molar-refractivity contribution in [1.82, 2.24) is 14.7 Å². The van der Waals surface area contributed by atoms with E-state index in [1.165, 1.54) is 10.2 Å². The van der Waals surface area contributed by atoms with Crippen molar-refractivity contribution in [2.45, 2.75) is 32.4 Å². The summed E-state index contributed by atoms with van der Waals surface area (Å²) in [6, 6.07) is 9.60. The van der Waals surface area contributed by atoms with Crippen LogP contribution in [-0.4, -0.2) is 27.1 Å². The third kappa shape index (κ3) is 2.87. The highest BCUT2D eigenvalue weighted by atomic mass is 32.1. The van der Waals surface area contributed by atoms with Gasteiger partial charge in [-0.05, 0) is 48.2 Å². The minimum Gasteiger partial charge on any atom is -0.334 e. The SMILES string of the molecule is Cc1nn(CC(=O)N2CCCC2c2ccsc2)c(=O)c2ccccc12. The average molecular weight is 353 g/mol. The fourth-order valence-corrected chi connectivity index (χ4v) is 4.31. The fourth-order valence-electron chi connectivity index (χ4n) is 3.61. The van der Waals surface area contributed by atoms with Crippen LogP contribution in [0.25, 0.3) is 10.8 Å². The van der Waals surface area contributed by atoms with Gasteiger partial charge in [-0.15, -0.1) is 0 Å². The van der Waals surface area contributed by atoms with Gasteiger partial charge in [0.15, 0.2) is 0 Å². The highest BCUT2D eigenvalue weighted by Crippen LogP contribution is 2.33. The number of aryl methyl sites for hydroxylation is 1. The van der Waals surface area contributed by atoms with Gasteiger partial charge in [-0.3, -0.25) is 9.59 Å². The second-order valence-corrected chi connectivity index (χ2v) is 7.18. The van der Waals surface area contributed by atoms with Crippen molar-refractivity contribution >= 4 is 28.0 Å². The molecule has 4 rings (SSSR count). The summed E-state index contributed by atoms with van der Waals surface area (Å²) in [5, 5.41) is 9.94. The minimum absolute atomic E-state index is 0.00878. The van der Waals surface area contributed by atoms with Crippen LogP contribution in [0, 0.1) is 6.92 Å². The van der Waals surface area contributed by atoms with Gasteiger partial charge in [0.1, 0.15) is 6.54 Å². The molecule has 0 radical (unpaired) electrons. The van der Waals surface area contributed by atoms with Crippen molar-refractivity contribution in [2.75, 3.05) is 6.54 Å². The number of aromatic nitrogens is 2. The normalized spacial score (nSPS) is 17.3. The van der Waals surface area contributed by atoms with Crippen LogP contribution < -0.4 is 5.56 Å². The Morgan fingerprint density at radius 3 is 2.84 bits per heavy atom. The van der Waals surface area contributed by atoms with Crippen molar-refractivity contribution in [3.05, 3.63) is 62.7 Å². The molecule has 0 aliphatic carbocycles. The molecule has 1 unspecified atom stereocenters. The number of nitrogens with zero attached hydrogens (tertiary/aromatic N) is 3. The number of carbonyl (C=O) groups excluding carboxylic acids is 1. The van der Waals surface area contributed by atoms with E-state index in [-0.39, 0.29) is 24.1 Å². The van der Waals surface area contributed by atoms with Gasteiger partial charge in [0.05, 0.1) is 17.1 Å². The van der Waals surface area contributed by atoms with Gasteiger partial charge >= 0.3 is 0 Å². The van der Waals surface area contributed by atoms with E-state index in [2.05, 4.69) is 16.5 Å². The van der Waals surface area contributed by atoms with E-state index in [1.54, 1.807) is 17.4 Å². The first-order chi connectivity index (χ1) is 12.1. The Labute approximate surface area is 149 Å². The van der Waals surface area contributed by atoms with Crippen molar-refractivity contribution in [1.29, 1.82) is 0 Å². The maximum absolute atomic E-state index is 12.8. The first-order valence-electron chi connectivity index (χ1n) is 8.43. The lowest BCUT2D eigenvalue weighted by Crippen LogP contribution is -2.37. The summed E-state index contributed by atoms with van der Waals surface area (Å²) in [5.74, 6) is -0.0435. The molecule has 2 aromatic heterocycles. The third-order valence-corrected chi connectivity index (χ3v) is 5.54. The number of benzene rings is 1. The number of hydrogen-bond acceptors (Lipinski definition) is 4. The van der Waals surface area contributed by atoms with Crippen LogP contribution in [0.1, 0.15) is 30.1 Å². The van der Waals surface area contributed by atoms with E-state index in [1.807, 2.05) is 35.4 Å². The van der Waals surface area contributed by atoms with Crippen LogP contribution in [0.2, 0.25) is 0 Å². The number of carbonyl (C=O) groups is 1. The van der Waals surface area contributed by atoms with Crippen molar-refractivity contribution < 1.29 is 4.79 Å². The molecule has 128 valence electrons. The van der Waals surface area contributed by atoms with E-state index in [0.717, 1.165) is 30.5 Å². The van der Waals surface area contributed by atoms with Gasteiger partial charge in [0, 0.05) is 11.9 Å². The van der Waals surface area contributed by atoms with Gasteiger partial charge in [0.25, 0.3) is 5.56 Å². The standard InChI is InChI=1S/C19H19N3O2S/c1-13-15-5-2-3-6-16(15)19(24)22(20-13)11-18(23)21-9-4-7-17(21)14-8-10-25-12-14/h2-3,5-6,8,10,12,17H,4,7,9,11H2,1H3. The summed E-state index contributed by atoms with van der Waals surface area (Å²) in [5.41, 5.74) is 1.74. The highest BCUT2D eigenvalue weighted by molar-refractivity contribution is 7.08. The molecule has 5 nitrogen and oxygen atoms in total. The second kappa shape index (κ2) is 6.44. The topological polar surface area (TPSA) is 55.2 Å². The Bertz CT molecular complexity index is 978. The second-order valence-electron chi connectivity index (χ2n) is 6.40. The molecule has 0 saturated carbocycles. The largest absolute Gasteiger partial charge is 0.334 e. The van der Waals surface area contributed by atoms with E-state index in [9.17, 15) is 9.59 Å². The number of amides is 1. The number of rotatable bonds is 3. The summed E-state index contributed by atoms with van der Waals surface area (Å²) in [7, 11) is 0. The van der Waals surface area contributed by atoms with Gasteiger partial charge in [-0.2, -0.15) is 16.4 Å². The Kier molecular flexibility index (Phi) is 4.13. The van der Waals surface area contributed by atoms with E-state index in [0.29, 0.717) is 5.39 Å². The molecule has 3 aromatic rings. The Hall–Kier alpha value is -2.47. The molecule has 0 N–H and O–H groups in total. The summed E-state index contributed by atoms with van der Waals surface area (Å²) in [6.45, 7) is 2.60. The molecule has 1 fully saturated rings. The molecule has 6 heteroatoms. The number of fused-ring (bicyclic) bond motifs is 1. The fraction of sp³-hybridized carbons (Fsp3) is 0.316. The summed E-state index contributed by atoms with van der Waals surface area (Å²) < 4.78 is 1.31. The molecule has 1 aliphatic rings. The van der Waals surface area contributed by atoms with Crippen LogP contribution in [-0.2, 0) is 11.3 Å². The maximum atomic E-state index is 12.8. The van der Waals surface area contributed by atoms with Crippen molar-refractivity contribution in [3.63, 3.8) is 0 Å². The lowest BCUT2D eigenvalue weighted by atomic mass is 10.1. The lowest BCUT2D eigenvalue weighted by Gasteiger charge is -2.24. The molecule has 0 spiro atoms. The first-order valence-corrected chi connectivity index (χ1v) is 9.37. The van der Waals surface area contributed by atoms with Crippen molar-refractivity contribution in [2.24, 2.45) is 0 Å². The quantitative estimate of drug-likeness (QED) is 0.727. The average Bonchev–Trinajstić information content (AvgIpc) is 3.30. The van der Waals surface area contributed by atoms with E-state index >= 15 is 0 Å². The summed E-state index contributed by atoms with van der Waals surface area (Å²) in [4.78, 5) is 27.4. The number of thiophene rings is 1. The number of likely N-dealkylation sites (tertiary alicyclic amines) is 1. The van der Waals surface area contributed by atoms with E-state index < -0.39 is 0 Å². The molecule has 25 heavy (non-hydrogen) atoms. The Morgan fingerprint density at radius 2 is 2.08 bits per heavy atom.